The summed E-state index contributed by atoms with van der Waals surface area (Å²) in [5.74, 6) is 0.258. The summed E-state index contributed by atoms with van der Waals surface area (Å²) in [6.07, 6.45) is 5.49. The number of ketones is 1. The van der Waals surface area contributed by atoms with Gasteiger partial charge >= 0.3 is 6.18 Å². The van der Waals surface area contributed by atoms with Crippen molar-refractivity contribution in [1.29, 1.82) is 0 Å². The van der Waals surface area contributed by atoms with E-state index in [0.717, 1.165) is 42.3 Å². The number of nitrogens with zero attached hydrogens (tertiary/aromatic N) is 2. The Morgan fingerprint density at radius 1 is 1.08 bits per heavy atom. The van der Waals surface area contributed by atoms with Gasteiger partial charge in [0.25, 0.3) is 0 Å². The highest BCUT2D eigenvalue weighted by atomic mass is 32.1. The number of benzene rings is 1. The quantitative estimate of drug-likeness (QED) is 0.214. The van der Waals surface area contributed by atoms with E-state index in [-0.39, 0.29) is 17.7 Å². The summed E-state index contributed by atoms with van der Waals surface area (Å²) in [4.78, 5) is 54.7. The van der Waals surface area contributed by atoms with E-state index < -0.39 is 12.5 Å². The maximum Gasteiger partial charge on any atom is 0.446 e. The average molecular weight is 705 g/mol. The van der Waals surface area contributed by atoms with Gasteiger partial charge in [-0.15, -0.1) is 11.3 Å². The summed E-state index contributed by atoms with van der Waals surface area (Å²) in [6, 6.07) is 7.61. The smallest absolute Gasteiger partial charge is 0.356 e. The van der Waals surface area contributed by atoms with Crippen molar-refractivity contribution >= 4 is 52.6 Å². The zero-order valence-electron chi connectivity index (χ0n) is 30.2. The molecule has 2 saturated heterocycles. The number of carbonyl (C=O) groups is 5. The van der Waals surface area contributed by atoms with Crippen LogP contribution in [0.2, 0.25) is 0 Å². The number of amides is 1. The van der Waals surface area contributed by atoms with Crippen LogP contribution in [-0.2, 0) is 19.2 Å². The molecule has 2 aliphatic heterocycles. The molecule has 4 rings (SSSR count). The first-order valence-electron chi connectivity index (χ1n) is 16.4. The minimum atomic E-state index is -4.64. The molecule has 0 spiro atoms. The Labute approximate surface area is 289 Å². The molecular weight excluding hydrogens is 645 g/mol. The van der Waals surface area contributed by atoms with Crippen LogP contribution in [0.25, 0.3) is 10.2 Å². The van der Waals surface area contributed by atoms with Gasteiger partial charge in [-0.25, -0.2) is 4.98 Å². The van der Waals surface area contributed by atoms with Crippen LogP contribution in [-0.4, -0.2) is 86.9 Å². The molecule has 1 unspecified atom stereocenters. The molecule has 2 aliphatic rings. The van der Waals surface area contributed by atoms with E-state index in [4.69, 9.17) is 9.59 Å². The second kappa shape index (κ2) is 30.1. The fraction of sp³-hybridized carbons (Fsp3) is 0.657. The number of hydrogen-bond donors (Lipinski definition) is 2. The molecule has 13 heteroatoms. The Bertz CT molecular complexity index is 1080. The number of para-hydroxylation sites is 1. The lowest BCUT2D eigenvalue weighted by atomic mass is 9.86. The van der Waals surface area contributed by atoms with Crippen molar-refractivity contribution < 1.29 is 37.1 Å². The second-order valence-corrected chi connectivity index (χ2v) is 12.7. The topological polar surface area (TPSA) is 126 Å². The van der Waals surface area contributed by atoms with Gasteiger partial charge in [-0.3, -0.25) is 14.4 Å². The van der Waals surface area contributed by atoms with Gasteiger partial charge in [0.15, 0.2) is 5.01 Å². The van der Waals surface area contributed by atoms with Crippen LogP contribution in [0.4, 0.5) is 13.2 Å². The van der Waals surface area contributed by atoms with Gasteiger partial charge in [0.05, 0.1) is 16.3 Å². The van der Waals surface area contributed by atoms with E-state index in [0.29, 0.717) is 16.8 Å². The third kappa shape index (κ3) is 28.0. The van der Waals surface area contributed by atoms with Crippen LogP contribution in [0.3, 0.4) is 0 Å². The molecule has 1 amide bonds. The SMILES string of the molecule is C=O.CCCC(C)(C)CC.CCCC=O.CN1CCCC1.CNC(C)C(=O)c1nc2ccccc2s1.O=C1CCCN1.O=CC(F)(F)F. The third-order valence-electron chi connectivity index (χ3n) is 6.99. The monoisotopic (exact) mass is 704 g/mol. The lowest BCUT2D eigenvalue weighted by molar-refractivity contribution is -0.156. The van der Waals surface area contributed by atoms with Crippen molar-refractivity contribution in [2.45, 2.75) is 112 Å². The van der Waals surface area contributed by atoms with Gasteiger partial charge < -0.3 is 25.1 Å². The fourth-order valence-electron chi connectivity index (χ4n) is 3.71. The molecule has 2 N–H and O–H groups in total. The number of hydrogen-bond acceptors (Lipinski definition) is 9. The van der Waals surface area contributed by atoms with Gasteiger partial charge in [-0.1, -0.05) is 59.6 Å². The number of unbranched alkanes of at least 4 members (excludes halogenated alkanes) is 1. The van der Waals surface area contributed by atoms with Gasteiger partial charge in [0.1, 0.15) is 13.1 Å². The summed E-state index contributed by atoms with van der Waals surface area (Å²) in [6.45, 7) is 18.5. The Hall–Kier alpha value is -3.03. The van der Waals surface area contributed by atoms with Gasteiger partial charge in [0.2, 0.25) is 18.0 Å². The summed E-state index contributed by atoms with van der Waals surface area (Å²) < 4.78 is 32.3. The van der Waals surface area contributed by atoms with Crippen molar-refractivity contribution in [2.75, 3.05) is 33.7 Å². The average Bonchev–Trinajstić information content (AvgIpc) is 3.85. The molecule has 9 nitrogen and oxygen atoms in total. The number of halogens is 3. The molecule has 0 bridgehead atoms. The normalized spacial score (nSPS) is 14.1. The molecular formula is C35H59F3N4O5S. The van der Waals surface area contributed by atoms with Crippen LogP contribution in [0, 0.1) is 5.41 Å². The molecule has 3 heterocycles. The number of nitrogens with one attached hydrogen (secondary N) is 2. The lowest BCUT2D eigenvalue weighted by Crippen LogP contribution is -2.30. The van der Waals surface area contributed by atoms with Gasteiger partial charge in [-0.2, -0.15) is 13.2 Å². The predicted octanol–water partition coefficient (Wildman–Crippen LogP) is 7.47. The molecule has 276 valence electrons. The van der Waals surface area contributed by atoms with Gasteiger partial charge in [0, 0.05) is 19.4 Å². The Balaban J connectivity index is -0.000000531. The summed E-state index contributed by atoms with van der Waals surface area (Å²) >= 11 is 1.45. The molecule has 48 heavy (non-hydrogen) atoms. The van der Waals surface area contributed by atoms with E-state index in [1.54, 1.807) is 7.05 Å². The second-order valence-electron chi connectivity index (χ2n) is 11.7. The van der Waals surface area contributed by atoms with E-state index >= 15 is 0 Å². The molecule has 1 aromatic heterocycles. The highest BCUT2D eigenvalue weighted by Gasteiger charge is 2.25. The number of thiazole rings is 1. The van der Waals surface area contributed by atoms with Gasteiger partial charge in [-0.05, 0) is 83.8 Å². The molecule has 0 saturated carbocycles. The van der Waals surface area contributed by atoms with E-state index in [2.05, 4.69) is 55.3 Å². The number of likely N-dealkylation sites (tertiary alicyclic amines) is 1. The first kappa shape index (κ1) is 49.4. The molecule has 1 atom stereocenters. The molecule has 2 fully saturated rings. The van der Waals surface area contributed by atoms with Crippen LogP contribution >= 0.6 is 11.3 Å². The number of carbonyl (C=O) groups excluding carboxylic acids is 5. The van der Waals surface area contributed by atoms with Crippen LogP contribution in [0.15, 0.2) is 24.3 Å². The molecule has 0 radical (unpaired) electrons. The fourth-order valence-corrected chi connectivity index (χ4v) is 4.70. The molecule has 0 aliphatic carbocycles. The molecule has 1 aromatic carbocycles. The Morgan fingerprint density at radius 2 is 1.65 bits per heavy atom. The predicted molar refractivity (Wildman–Crippen MR) is 191 cm³/mol. The summed E-state index contributed by atoms with van der Waals surface area (Å²) in [5, 5.41) is 6.19. The highest BCUT2D eigenvalue weighted by molar-refractivity contribution is 7.20. The largest absolute Gasteiger partial charge is 0.446 e. The number of likely N-dealkylation sites (N-methyl/N-ethyl adjacent to an activating group) is 1. The van der Waals surface area contributed by atoms with E-state index in [1.165, 1.54) is 56.5 Å². The standard InChI is InChI=1S/C11H12N2OS.C8H18.C5H11N.C4H7NO.C4H8O.C2HF3O.CH2O/c1-7(12-2)10(14)11-13-8-5-3-4-6-9(8)15-11;1-5-7-8(3,4)6-2;1-6-4-2-3-5-6;6-4-2-1-3-5-4;1-2-3-4-5;3-2(4,5)1-6;1-2/h3-7,12H,1-2H3;5-7H2,1-4H3;2-5H2,1H3;1-3H2,(H,5,6);4H,2-3H2,1H3;1H;1H2. The minimum Gasteiger partial charge on any atom is -0.356 e. The maximum absolute atomic E-state index is 11.8. The van der Waals surface area contributed by atoms with E-state index in [9.17, 15) is 27.6 Å². The number of rotatable bonds is 8. The first-order valence-corrected chi connectivity index (χ1v) is 17.2. The Morgan fingerprint density at radius 3 is 1.92 bits per heavy atom. The van der Waals surface area contributed by atoms with Crippen molar-refractivity contribution in [3.8, 4) is 0 Å². The number of alkyl halides is 3. The zero-order chi connectivity index (χ0) is 37.6. The van der Waals surface area contributed by atoms with Crippen LogP contribution in [0.5, 0.6) is 0 Å². The maximum atomic E-state index is 11.8. The van der Waals surface area contributed by atoms with E-state index in [1.807, 2.05) is 44.9 Å². The summed E-state index contributed by atoms with van der Waals surface area (Å²) in [7, 11) is 3.95. The number of Topliss-reactive ketones (excluding diaryl/α,β-unsaturated/α-hetero) is 1. The van der Waals surface area contributed by atoms with Crippen LogP contribution < -0.4 is 10.6 Å². The molecule has 2 aromatic rings. The van der Waals surface area contributed by atoms with Crippen molar-refractivity contribution in [2.24, 2.45) is 5.41 Å². The lowest BCUT2D eigenvalue weighted by Gasteiger charge is -2.20. The number of aldehydes is 2. The third-order valence-corrected chi connectivity index (χ3v) is 8.04. The zero-order valence-corrected chi connectivity index (χ0v) is 31.0. The van der Waals surface area contributed by atoms with Crippen LogP contribution in [0.1, 0.15) is 109 Å². The highest BCUT2D eigenvalue weighted by Crippen LogP contribution is 2.25. The first-order chi connectivity index (χ1) is 22.6. The summed E-state index contributed by atoms with van der Waals surface area (Å²) in [5.41, 5.74) is 1.49. The van der Waals surface area contributed by atoms with Crippen molar-refractivity contribution in [3.63, 3.8) is 0 Å². The number of aromatic nitrogens is 1. The minimum absolute atomic E-state index is 0.0544. The number of fused-ring (bicyclic) bond motifs is 1. The van der Waals surface area contributed by atoms with Crippen molar-refractivity contribution in [3.05, 3.63) is 29.3 Å². The van der Waals surface area contributed by atoms with Crippen molar-refractivity contribution in [1.82, 2.24) is 20.5 Å². The Kier molecular flexibility index (Phi) is 30.9.